The van der Waals surface area contributed by atoms with Crippen molar-refractivity contribution < 1.29 is 19.5 Å². The molecule has 2 aromatic carbocycles. The van der Waals surface area contributed by atoms with Crippen molar-refractivity contribution in [2.75, 3.05) is 4.90 Å². The summed E-state index contributed by atoms with van der Waals surface area (Å²) >= 11 is 0.549. The van der Waals surface area contributed by atoms with Crippen LogP contribution in [-0.2, 0) is 11.2 Å². The number of fused-ring (bicyclic) bond motifs is 2. The van der Waals surface area contributed by atoms with Crippen LogP contribution in [-0.4, -0.2) is 43.9 Å². The summed E-state index contributed by atoms with van der Waals surface area (Å²) in [6, 6.07) is 13.1. The molecule has 1 unspecified atom stereocenters. The van der Waals surface area contributed by atoms with Crippen molar-refractivity contribution in [1.29, 1.82) is 0 Å². The molecule has 1 heterocycles. The number of hydrogen-bond donors (Lipinski definition) is 3. The van der Waals surface area contributed by atoms with E-state index in [0.717, 1.165) is 10.9 Å². The summed E-state index contributed by atoms with van der Waals surface area (Å²) < 4.78 is 0. The number of benzene rings is 2. The maximum absolute atomic E-state index is 12.3. The van der Waals surface area contributed by atoms with Crippen LogP contribution in [0.25, 0.3) is 0 Å². The van der Waals surface area contributed by atoms with Crippen molar-refractivity contribution >= 4 is 44.1 Å². The number of para-hydroxylation sites is 2. The number of aliphatic carboxylic acids is 1. The number of anilines is 2. The maximum atomic E-state index is 12.3. The number of primary amides is 1. The van der Waals surface area contributed by atoms with Gasteiger partial charge in [-0.25, -0.2) is 4.79 Å². The summed E-state index contributed by atoms with van der Waals surface area (Å²) in [5.41, 5.74) is 13.3. The molecule has 28 heavy (non-hydrogen) atoms. The van der Waals surface area contributed by atoms with E-state index in [0.29, 0.717) is 38.3 Å². The Morgan fingerprint density at radius 3 is 2.36 bits per heavy atom. The molecule has 0 radical (unpaired) electrons. The predicted molar refractivity (Wildman–Crippen MR) is 109 cm³/mol. The van der Waals surface area contributed by atoms with Crippen LogP contribution in [0.5, 0.6) is 0 Å². The van der Waals surface area contributed by atoms with Gasteiger partial charge in [0, 0.05) is 12.0 Å². The van der Waals surface area contributed by atoms with Gasteiger partial charge in [0.1, 0.15) is 0 Å². The largest absolute Gasteiger partial charge is 0.351 e. The molecule has 2 aromatic rings. The van der Waals surface area contributed by atoms with E-state index in [9.17, 15) is 14.4 Å². The molecule has 148 valence electrons. The average molecular weight is 448 g/mol. The third kappa shape index (κ3) is 5.19. The van der Waals surface area contributed by atoms with Crippen LogP contribution in [0.1, 0.15) is 22.3 Å². The summed E-state index contributed by atoms with van der Waals surface area (Å²) in [4.78, 5) is 35.5. The Labute approximate surface area is 169 Å². The zero-order chi connectivity index (χ0) is 20.7. The van der Waals surface area contributed by atoms with Gasteiger partial charge in [-0.3, -0.25) is 9.69 Å². The summed E-state index contributed by atoms with van der Waals surface area (Å²) in [6.07, 6.45) is 0.892. The summed E-state index contributed by atoms with van der Waals surface area (Å²) in [6.45, 7) is 0. The minimum absolute atomic E-state index is 0.00759. The Hall–Kier alpha value is -2.67. The topological polar surface area (TPSA) is 127 Å². The van der Waals surface area contributed by atoms with E-state index in [1.54, 1.807) is 30.3 Å². The van der Waals surface area contributed by atoms with Gasteiger partial charge in [-0.05, 0) is 23.8 Å². The molecule has 1 aliphatic rings. The molecule has 0 spiro atoms. The van der Waals surface area contributed by atoms with E-state index in [1.807, 2.05) is 18.2 Å². The van der Waals surface area contributed by atoms with Crippen molar-refractivity contribution in [2.24, 2.45) is 11.5 Å². The van der Waals surface area contributed by atoms with Crippen LogP contribution in [0.15, 0.2) is 48.5 Å². The first-order valence-corrected chi connectivity index (χ1v) is 11.6. The molecule has 0 saturated carbocycles. The van der Waals surface area contributed by atoms with Crippen molar-refractivity contribution in [3.8, 4) is 0 Å². The second kappa shape index (κ2) is 10.0. The Morgan fingerprint density at radius 1 is 1.14 bits per heavy atom. The van der Waals surface area contributed by atoms with E-state index < -0.39 is 18.0 Å². The fourth-order valence-electron chi connectivity index (χ4n) is 2.79. The SMILES string of the molecule is C[Se]CCC(N)C(=O)O.NC(=O)N1c2ccccc2CC(=O)c2ccccc21. The predicted octanol–water partition coefficient (Wildman–Crippen LogP) is 2.60. The first-order chi connectivity index (χ1) is 13.4. The fraction of sp³-hybridized carbons (Fsp3) is 0.250. The zero-order valence-corrected chi connectivity index (χ0v) is 17.2. The summed E-state index contributed by atoms with van der Waals surface area (Å²) in [7, 11) is 0. The number of nitrogens with zero attached hydrogens (tertiary/aromatic N) is 1. The zero-order valence-electron chi connectivity index (χ0n) is 15.5. The van der Waals surface area contributed by atoms with Gasteiger partial charge in [0.05, 0.1) is 11.4 Å². The normalized spacial score (nSPS) is 13.4. The van der Waals surface area contributed by atoms with Crippen molar-refractivity contribution in [3.05, 3.63) is 59.7 Å². The third-order valence-corrected chi connectivity index (χ3v) is 5.55. The van der Waals surface area contributed by atoms with Gasteiger partial charge in [0.25, 0.3) is 0 Å². The number of carboxylic acid groups (broad SMARTS) is 1. The molecule has 7 nitrogen and oxygen atoms in total. The Morgan fingerprint density at radius 2 is 1.75 bits per heavy atom. The number of hydrogen-bond acceptors (Lipinski definition) is 4. The van der Waals surface area contributed by atoms with E-state index in [-0.39, 0.29) is 12.2 Å². The van der Waals surface area contributed by atoms with Gasteiger partial charge in [0.15, 0.2) is 5.78 Å². The number of ketones is 1. The van der Waals surface area contributed by atoms with Gasteiger partial charge >= 0.3 is 66.2 Å². The molecule has 0 saturated heterocycles. The van der Waals surface area contributed by atoms with Crippen molar-refractivity contribution in [1.82, 2.24) is 0 Å². The minimum atomic E-state index is -0.890. The van der Waals surface area contributed by atoms with Gasteiger partial charge in [0.2, 0.25) is 0 Å². The monoisotopic (exact) mass is 449 g/mol. The Balaban J connectivity index is 0.000000266. The number of carbonyl (C=O) groups is 3. The van der Waals surface area contributed by atoms with E-state index in [4.69, 9.17) is 16.6 Å². The number of rotatable bonds is 4. The number of carbonyl (C=O) groups excluding carboxylic acids is 2. The first-order valence-electron chi connectivity index (χ1n) is 8.63. The maximum Gasteiger partial charge on any atom is 0.323 e. The van der Waals surface area contributed by atoms with Crippen LogP contribution in [0, 0.1) is 0 Å². The van der Waals surface area contributed by atoms with Crippen LogP contribution in [0.4, 0.5) is 16.2 Å². The van der Waals surface area contributed by atoms with Gasteiger partial charge in [-0.1, -0.05) is 30.3 Å². The number of carboxylic acids is 1. The summed E-state index contributed by atoms with van der Waals surface area (Å²) in [5.74, 6) is 1.17. The second-order valence-electron chi connectivity index (χ2n) is 6.15. The van der Waals surface area contributed by atoms with E-state index >= 15 is 0 Å². The Bertz CT molecular complexity index is 872. The summed E-state index contributed by atoms with van der Waals surface area (Å²) in [5, 5.41) is 9.25. The Kier molecular flexibility index (Phi) is 7.75. The number of urea groups is 1. The van der Waals surface area contributed by atoms with Crippen molar-refractivity contribution in [2.45, 2.75) is 30.0 Å². The number of nitrogens with two attached hydrogens (primary N) is 2. The molecule has 0 aliphatic carbocycles. The molecule has 1 atom stereocenters. The van der Waals surface area contributed by atoms with Crippen molar-refractivity contribution in [3.63, 3.8) is 0 Å². The second-order valence-corrected chi connectivity index (χ2v) is 8.21. The molecule has 3 rings (SSSR count). The minimum Gasteiger partial charge on any atom is -0.351 e. The number of Topliss-reactive ketones (excluding diaryl/α,β-unsaturated/α-hetero) is 1. The van der Waals surface area contributed by atoms with Crippen LogP contribution >= 0.6 is 0 Å². The standard InChI is InChI=1S/C15H12N2O2.C5H11NO2Se/c16-15(19)17-12-7-3-1-5-10(12)9-14(18)11-6-2-4-8-13(11)17;1-9-3-2-4(6)5(7)8/h1-8H,9H2,(H2,16,19);4H,2-3,6H2,1H3,(H,7,8). The first kappa shape index (κ1) is 21.6. The third-order valence-electron chi connectivity index (χ3n) is 4.20. The molecule has 0 fully saturated rings. The molecular formula is C20H23N3O4Se. The quantitative estimate of drug-likeness (QED) is 0.620. The van der Waals surface area contributed by atoms with Crippen LogP contribution in [0.2, 0.25) is 11.1 Å². The molecule has 5 N–H and O–H groups in total. The fourth-order valence-corrected chi connectivity index (χ4v) is 3.81. The molecular weight excluding hydrogens is 425 g/mol. The van der Waals surface area contributed by atoms with Gasteiger partial charge < -0.3 is 5.73 Å². The van der Waals surface area contributed by atoms with E-state index in [1.165, 1.54) is 4.90 Å². The molecule has 0 bridgehead atoms. The van der Waals surface area contributed by atoms with Gasteiger partial charge in [-0.15, -0.1) is 0 Å². The smallest absolute Gasteiger partial charge is 0.323 e. The van der Waals surface area contributed by atoms with E-state index in [2.05, 4.69) is 5.82 Å². The average Bonchev–Trinajstić information content (AvgIpc) is 2.80. The van der Waals surface area contributed by atoms with Gasteiger partial charge in [-0.2, -0.15) is 0 Å². The molecule has 8 heteroatoms. The molecule has 1 aliphatic heterocycles. The molecule has 2 amide bonds. The molecule has 0 aromatic heterocycles. The number of amides is 2. The van der Waals surface area contributed by atoms with Crippen LogP contribution < -0.4 is 16.4 Å². The van der Waals surface area contributed by atoms with Crippen LogP contribution in [0.3, 0.4) is 0 Å².